The van der Waals surface area contributed by atoms with Crippen LogP contribution in [0.25, 0.3) is 0 Å². The third-order valence-corrected chi connectivity index (χ3v) is 5.83. The highest BCUT2D eigenvalue weighted by molar-refractivity contribution is 5.83. The van der Waals surface area contributed by atoms with E-state index in [0.717, 1.165) is 5.69 Å². The Bertz CT molecular complexity index is 997. The summed E-state index contributed by atoms with van der Waals surface area (Å²) in [7, 11) is 1.96. The number of halogens is 6. The molecule has 34 heavy (non-hydrogen) atoms. The van der Waals surface area contributed by atoms with Gasteiger partial charge < -0.3 is 10.2 Å². The normalized spacial score (nSPS) is 17.0. The molecule has 1 fully saturated rings. The quantitative estimate of drug-likeness (QED) is 0.637. The molecule has 1 atom stereocenters. The van der Waals surface area contributed by atoms with Crippen LogP contribution in [0.1, 0.15) is 39.7 Å². The predicted octanol–water partition coefficient (Wildman–Crippen LogP) is 4.34. The molecule has 1 aromatic heterocycles. The van der Waals surface area contributed by atoms with Crippen molar-refractivity contribution >= 4 is 5.91 Å². The summed E-state index contributed by atoms with van der Waals surface area (Å²) in [6.07, 6.45) is -9.90. The molecule has 1 unspecified atom stereocenters. The van der Waals surface area contributed by atoms with E-state index in [1.807, 2.05) is 18.9 Å². The smallest absolute Gasteiger partial charge is 0.350 e. The van der Waals surface area contributed by atoms with E-state index < -0.39 is 42.0 Å². The molecule has 0 bridgehead atoms. The zero-order valence-corrected chi connectivity index (χ0v) is 19.0. The maximum Gasteiger partial charge on any atom is 0.416 e. The molecule has 1 aliphatic rings. The number of aryl methyl sites for hydroxylation is 2. The number of carbonyl (C=O) groups excluding carboxylic acids is 1. The van der Waals surface area contributed by atoms with Crippen LogP contribution in [0.2, 0.25) is 0 Å². The third kappa shape index (κ3) is 6.26. The van der Waals surface area contributed by atoms with E-state index >= 15 is 0 Å². The van der Waals surface area contributed by atoms with Crippen molar-refractivity contribution in [2.45, 2.75) is 38.8 Å². The Kier molecular flexibility index (Phi) is 7.56. The minimum absolute atomic E-state index is 0.0691. The first kappa shape index (κ1) is 26.0. The summed E-state index contributed by atoms with van der Waals surface area (Å²) in [4.78, 5) is 21.7. The van der Waals surface area contributed by atoms with E-state index in [-0.39, 0.29) is 11.6 Å². The molecule has 2 aromatic rings. The first-order chi connectivity index (χ1) is 15.8. The van der Waals surface area contributed by atoms with Crippen molar-refractivity contribution in [1.82, 2.24) is 20.1 Å². The third-order valence-electron chi connectivity index (χ3n) is 5.83. The standard InChI is InChI=1S/C23H26F6N4O/c1-14-4-5-19(15(2)31-14)20(33-8-6-32(3)7-9-33)21(34)30-13-16-10-17(22(24,25)26)12-18(11-16)23(27,28)29/h4-5,10-12,20H,6-9,13H2,1-3H3,(H,30,34). The number of hydrogen-bond acceptors (Lipinski definition) is 4. The molecule has 1 aliphatic heterocycles. The Morgan fingerprint density at radius 1 is 0.971 bits per heavy atom. The lowest BCUT2D eigenvalue weighted by molar-refractivity contribution is -0.143. The molecule has 11 heteroatoms. The van der Waals surface area contributed by atoms with Crippen LogP contribution in [0.3, 0.4) is 0 Å². The molecule has 2 heterocycles. The van der Waals surface area contributed by atoms with Crippen molar-refractivity contribution in [1.29, 1.82) is 0 Å². The van der Waals surface area contributed by atoms with Gasteiger partial charge in [-0.1, -0.05) is 6.07 Å². The molecule has 0 spiro atoms. The van der Waals surface area contributed by atoms with E-state index in [1.165, 1.54) is 0 Å². The molecule has 0 saturated carbocycles. The second-order valence-electron chi connectivity index (χ2n) is 8.50. The minimum atomic E-state index is -4.95. The van der Waals surface area contributed by atoms with Crippen LogP contribution in [-0.4, -0.2) is 53.9 Å². The maximum absolute atomic E-state index is 13.3. The van der Waals surface area contributed by atoms with Gasteiger partial charge in [0.2, 0.25) is 5.91 Å². The van der Waals surface area contributed by atoms with Crippen molar-refractivity contribution in [2.24, 2.45) is 0 Å². The number of alkyl halides is 6. The van der Waals surface area contributed by atoms with Crippen LogP contribution < -0.4 is 5.32 Å². The largest absolute Gasteiger partial charge is 0.416 e. The number of aromatic nitrogens is 1. The SMILES string of the molecule is Cc1ccc(C(C(=O)NCc2cc(C(F)(F)F)cc(C(F)(F)F)c2)N2CCN(C)CC2)c(C)n1. The molecule has 1 aromatic carbocycles. The summed E-state index contributed by atoms with van der Waals surface area (Å²) in [5.41, 5.74) is -1.07. The zero-order chi connectivity index (χ0) is 25.3. The van der Waals surface area contributed by atoms with Gasteiger partial charge in [-0.15, -0.1) is 0 Å². The Hall–Kier alpha value is -2.66. The lowest BCUT2D eigenvalue weighted by atomic mass is 10.0. The molecular formula is C23H26F6N4O. The van der Waals surface area contributed by atoms with E-state index in [9.17, 15) is 31.1 Å². The molecule has 0 aliphatic carbocycles. The summed E-state index contributed by atoms with van der Waals surface area (Å²) in [5.74, 6) is -0.510. The van der Waals surface area contributed by atoms with Crippen LogP contribution in [0, 0.1) is 13.8 Å². The second-order valence-corrected chi connectivity index (χ2v) is 8.50. The van der Waals surface area contributed by atoms with Gasteiger partial charge in [0.15, 0.2) is 0 Å². The average molecular weight is 488 g/mol. The highest BCUT2D eigenvalue weighted by Crippen LogP contribution is 2.36. The summed E-state index contributed by atoms with van der Waals surface area (Å²) in [6.45, 7) is 5.67. The number of likely N-dealkylation sites (N-methyl/N-ethyl adjacent to an activating group) is 1. The van der Waals surface area contributed by atoms with Gasteiger partial charge in [0, 0.05) is 44.1 Å². The van der Waals surface area contributed by atoms with Crippen LogP contribution in [0.15, 0.2) is 30.3 Å². The Morgan fingerprint density at radius 2 is 1.53 bits per heavy atom. The predicted molar refractivity (Wildman–Crippen MR) is 114 cm³/mol. The number of hydrogen-bond donors (Lipinski definition) is 1. The summed E-state index contributed by atoms with van der Waals surface area (Å²) in [6, 6.07) is 4.10. The zero-order valence-electron chi connectivity index (χ0n) is 19.0. The average Bonchev–Trinajstić information content (AvgIpc) is 2.74. The summed E-state index contributed by atoms with van der Waals surface area (Å²) in [5, 5.41) is 2.55. The van der Waals surface area contributed by atoms with Crippen LogP contribution >= 0.6 is 0 Å². The maximum atomic E-state index is 13.3. The fourth-order valence-corrected chi connectivity index (χ4v) is 3.98. The number of benzene rings is 1. The fraction of sp³-hybridized carbons (Fsp3) is 0.478. The molecule has 1 amide bonds. The van der Waals surface area contributed by atoms with Gasteiger partial charge in [-0.2, -0.15) is 26.3 Å². The van der Waals surface area contributed by atoms with E-state index in [0.29, 0.717) is 49.6 Å². The van der Waals surface area contributed by atoms with E-state index in [2.05, 4.69) is 15.2 Å². The first-order valence-electron chi connectivity index (χ1n) is 10.7. The van der Waals surface area contributed by atoms with Gasteiger partial charge in [0.1, 0.15) is 6.04 Å². The van der Waals surface area contributed by atoms with Gasteiger partial charge in [-0.05, 0) is 56.3 Å². The number of nitrogens with one attached hydrogen (secondary N) is 1. The Morgan fingerprint density at radius 3 is 2.03 bits per heavy atom. The van der Waals surface area contributed by atoms with Crippen LogP contribution in [0.5, 0.6) is 0 Å². The van der Waals surface area contributed by atoms with Crippen molar-refractivity contribution in [3.8, 4) is 0 Å². The van der Waals surface area contributed by atoms with Crippen LogP contribution in [-0.2, 0) is 23.7 Å². The summed E-state index contributed by atoms with van der Waals surface area (Å²) >= 11 is 0. The van der Waals surface area contributed by atoms with Gasteiger partial charge in [0.05, 0.1) is 11.1 Å². The monoisotopic (exact) mass is 488 g/mol. The van der Waals surface area contributed by atoms with E-state index in [4.69, 9.17) is 0 Å². The first-order valence-corrected chi connectivity index (χ1v) is 10.7. The summed E-state index contributed by atoms with van der Waals surface area (Å²) < 4.78 is 79.0. The number of rotatable bonds is 5. The number of piperazine rings is 1. The molecular weight excluding hydrogens is 462 g/mol. The molecule has 0 radical (unpaired) electrons. The number of nitrogens with zero attached hydrogens (tertiary/aromatic N) is 3. The number of pyridine rings is 1. The van der Waals surface area contributed by atoms with Gasteiger partial charge in [-0.25, -0.2) is 0 Å². The van der Waals surface area contributed by atoms with Crippen molar-refractivity contribution < 1.29 is 31.1 Å². The number of carbonyl (C=O) groups is 1. The van der Waals surface area contributed by atoms with Crippen molar-refractivity contribution in [3.05, 3.63) is 64.0 Å². The van der Waals surface area contributed by atoms with Gasteiger partial charge in [0.25, 0.3) is 0 Å². The fourth-order valence-electron chi connectivity index (χ4n) is 3.98. The lowest BCUT2D eigenvalue weighted by Gasteiger charge is -2.37. The van der Waals surface area contributed by atoms with Crippen molar-refractivity contribution in [2.75, 3.05) is 33.2 Å². The topological polar surface area (TPSA) is 48.5 Å². The van der Waals surface area contributed by atoms with E-state index in [1.54, 1.807) is 19.1 Å². The molecule has 186 valence electrons. The lowest BCUT2D eigenvalue weighted by Crippen LogP contribution is -2.50. The van der Waals surface area contributed by atoms with Crippen LogP contribution in [0.4, 0.5) is 26.3 Å². The molecule has 3 rings (SSSR count). The Labute approximate surface area is 193 Å². The van der Waals surface area contributed by atoms with Gasteiger partial charge >= 0.3 is 12.4 Å². The molecule has 5 nitrogen and oxygen atoms in total. The minimum Gasteiger partial charge on any atom is -0.350 e. The highest BCUT2D eigenvalue weighted by atomic mass is 19.4. The molecule has 1 N–H and O–H groups in total. The second kappa shape index (κ2) is 9.91. The Balaban J connectivity index is 1.88. The highest BCUT2D eigenvalue weighted by Gasteiger charge is 2.37. The van der Waals surface area contributed by atoms with Crippen molar-refractivity contribution in [3.63, 3.8) is 0 Å². The molecule has 1 saturated heterocycles. The van der Waals surface area contributed by atoms with Gasteiger partial charge in [-0.3, -0.25) is 14.7 Å². The number of amides is 1.